The van der Waals surface area contributed by atoms with E-state index < -0.39 is 0 Å². The van der Waals surface area contributed by atoms with Crippen molar-refractivity contribution in [2.75, 3.05) is 19.8 Å². The van der Waals surface area contributed by atoms with E-state index in [-0.39, 0.29) is 18.1 Å². The molecule has 2 aliphatic rings. The second-order valence-electron chi connectivity index (χ2n) is 6.30. The van der Waals surface area contributed by atoms with Crippen LogP contribution in [-0.2, 0) is 4.74 Å². The van der Waals surface area contributed by atoms with E-state index in [1.165, 1.54) is 12.5 Å². The van der Waals surface area contributed by atoms with Crippen molar-refractivity contribution < 1.29 is 18.7 Å². The first-order valence-electron chi connectivity index (χ1n) is 8.30. The SMILES string of the molecule is O=C(c1ccoc1)N1CCO[C@@H]2C[C@H](COc3ccccn3)C[C@@H]21. The summed E-state index contributed by atoms with van der Waals surface area (Å²) in [5.41, 5.74) is 0.601. The maximum atomic E-state index is 12.7. The van der Waals surface area contributed by atoms with Crippen LogP contribution in [0.2, 0.25) is 0 Å². The van der Waals surface area contributed by atoms with Crippen molar-refractivity contribution in [1.29, 1.82) is 0 Å². The molecule has 126 valence electrons. The Morgan fingerprint density at radius 1 is 1.33 bits per heavy atom. The maximum Gasteiger partial charge on any atom is 0.257 e. The Hall–Kier alpha value is -2.34. The van der Waals surface area contributed by atoms with Gasteiger partial charge in [0.05, 0.1) is 37.2 Å². The van der Waals surface area contributed by atoms with E-state index >= 15 is 0 Å². The van der Waals surface area contributed by atoms with E-state index in [1.807, 2.05) is 23.1 Å². The number of furan rings is 1. The van der Waals surface area contributed by atoms with Gasteiger partial charge in [-0.05, 0) is 30.9 Å². The summed E-state index contributed by atoms with van der Waals surface area (Å²) in [5, 5.41) is 0. The van der Waals surface area contributed by atoms with Crippen molar-refractivity contribution in [3.05, 3.63) is 48.6 Å². The van der Waals surface area contributed by atoms with E-state index in [1.54, 1.807) is 12.3 Å². The minimum atomic E-state index is 0.0216. The Labute approximate surface area is 140 Å². The fraction of sp³-hybridized carbons (Fsp3) is 0.444. The smallest absolute Gasteiger partial charge is 0.257 e. The first kappa shape index (κ1) is 15.2. The third-order valence-electron chi connectivity index (χ3n) is 4.77. The molecule has 4 rings (SSSR count). The Morgan fingerprint density at radius 3 is 3.08 bits per heavy atom. The molecule has 0 aromatic carbocycles. The van der Waals surface area contributed by atoms with Gasteiger partial charge in [0, 0.05) is 18.8 Å². The van der Waals surface area contributed by atoms with Gasteiger partial charge in [0.2, 0.25) is 5.88 Å². The summed E-state index contributed by atoms with van der Waals surface area (Å²) in [6.45, 7) is 1.80. The van der Waals surface area contributed by atoms with Crippen molar-refractivity contribution >= 4 is 5.91 Å². The fourth-order valence-corrected chi connectivity index (χ4v) is 3.63. The first-order valence-corrected chi connectivity index (χ1v) is 8.30. The average Bonchev–Trinajstić information content (AvgIpc) is 3.29. The summed E-state index contributed by atoms with van der Waals surface area (Å²) in [6.07, 6.45) is 6.64. The number of fused-ring (bicyclic) bond motifs is 1. The molecule has 2 aromatic rings. The number of amides is 1. The van der Waals surface area contributed by atoms with Crippen LogP contribution >= 0.6 is 0 Å². The van der Waals surface area contributed by atoms with Crippen LogP contribution in [-0.4, -0.2) is 47.7 Å². The minimum Gasteiger partial charge on any atom is -0.477 e. The fourth-order valence-electron chi connectivity index (χ4n) is 3.63. The standard InChI is InChI=1S/C18H20N2O4/c21-18(14-4-7-22-12-14)20-6-8-23-16-10-13(9-15(16)20)11-24-17-3-1-2-5-19-17/h1-5,7,12-13,15-16H,6,8-11H2/t13-,15+,16-/m1/s1. The summed E-state index contributed by atoms with van der Waals surface area (Å²) in [7, 11) is 0. The number of hydrogen-bond donors (Lipinski definition) is 0. The molecule has 1 saturated heterocycles. The van der Waals surface area contributed by atoms with Gasteiger partial charge in [-0.25, -0.2) is 4.98 Å². The predicted octanol–water partition coefficient (Wildman–Crippen LogP) is 2.37. The number of carbonyl (C=O) groups is 1. The van der Waals surface area contributed by atoms with Crippen molar-refractivity contribution in [2.24, 2.45) is 5.92 Å². The number of pyridine rings is 1. The van der Waals surface area contributed by atoms with E-state index in [2.05, 4.69) is 4.98 Å². The molecule has 2 aromatic heterocycles. The molecule has 1 aliphatic heterocycles. The monoisotopic (exact) mass is 328 g/mol. The van der Waals surface area contributed by atoms with Crippen LogP contribution in [0.5, 0.6) is 5.88 Å². The van der Waals surface area contributed by atoms with E-state index in [9.17, 15) is 4.79 Å². The Bertz CT molecular complexity index is 674. The summed E-state index contributed by atoms with van der Waals surface area (Å²) in [5.74, 6) is 1.02. The second kappa shape index (κ2) is 6.65. The quantitative estimate of drug-likeness (QED) is 0.862. The highest BCUT2D eigenvalue weighted by Gasteiger charge is 2.43. The van der Waals surface area contributed by atoms with Crippen LogP contribution in [0.3, 0.4) is 0 Å². The van der Waals surface area contributed by atoms with Crippen LogP contribution in [0.25, 0.3) is 0 Å². The Morgan fingerprint density at radius 2 is 2.29 bits per heavy atom. The summed E-state index contributed by atoms with van der Waals surface area (Å²) in [6, 6.07) is 7.45. The molecule has 0 radical (unpaired) electrons. The van der Waals surface area contributed by atoms with E-state index in [0.29, 0.717) is 37.1 Å². The van der Waals surface area contributed by atoms with Gasteiger partial charge in [0.25, 0.3) is 5.91 Å². The molecule has 2 fully saturated rings. The van der Waals surface area contributed by atoms with Gasteiger partial charge in [-0.3, -0.25) is 4.79 Å². The number of carbonyl (C=O) groups excluding carboxylic acids is 1. The van der Waals surface area contributed by atoms with Crippen molar-refractivity contribution in [2.45, 2.75) is 25.0 Å². The summed E-state index contributed by atoms with van der Waals surface area (Å²) in [4.78, 5) is 18.8. The molecular formula is C18H20N2O4. The highest BCUT2D eigenvalue weighted by molar-refractivity contribution is 5.94. The minimum absolute atomic E-state index is 0.0216. The number of aromatic nitrogens is 1. The highest BCUT2D eigenvalue weighted by atomic mass is 16.5. The topological polar surface area (TPSA) is 64.8 Å². The highest BCUT2D eigenvalue weighted by Crippen LogP contribution is 2.35. The number of morpholine rings is 1. The van der Waals surface area contributed by atoms with Gasteiger partial charge in [-0.15, -0.1) is 0 Å². The number of nitrogens with zero attached hydrogens (tertiary/aromatic N) is 2. The number of ether oxygens (including phenoxy) is 2. The van der Waals surface area contributed by atoms with Gasteiger partial charge in [-0.2, -0.15) is 0 Å². The molecule has 1 saturated carbocycles. The maximum absolute atomic E-state index is 12.7. The molecule has 3 heterocycles. The van der Waals surface area contributed by atoms with Crippen LogP contribution in [0, 0.1) is 5.92 Å². The number of rotatable bonds is 4. The third-order valence-corrected chi connectivity index (χ3v) is 4.77. The Kier molecular flexibility index (Phi) is 4.21. The zero-order valence-electron chi connectivity index (χ0n) is 13.3. The van der Waals surface area contributed by atoms with E-state index in [0.717, 1.165) is 12.8 Å². The van der Waals surface area contributed by atoms with Crippen LogP contribution in [0.4, 0.5) is 0 Å². The zero-order valence-corrected chi connectivity index (χ0v) is 13.3. The summed E-state index contributed by atoms with van der Waals surface area (Å²) >= 11 is 0. The summed E-state index contributed by atoms with van der Waals surface area (Å²) < 4.78 is 16.7. The Balaban J connectivity index is 1.40. The normalized spacial score (nSPS) is 26.2. The molecule has 3 atom stereocenters. The lowest BCUT2D eigenvalue weighted by atomic mass is 10.1. The lowest BCUT2D eigenvalue weighted by Crippen LogP contribution is -2.51. The zero-order chi connectivity index (χ0) is 16.4. The first-order chi connectivity index (χ1) is 11.8. The molecule has 6 nitrogen and oxygen atoms in total. The molecule has 0 spiro atoms. The molecule has 0 unspecified atom stereocenters. The molecule has 6 heteroatoms. The lowest BCUT2D eigenvalue weighted by Gasteiger charge is -2.37. The predicted molar refractivity (Wildman–Crippen MR) is 85.7 cm³/mol. The average molecular weight is 328 g/mol. The van der Waals surface area contributed by atoms with Crippen molar-refractivity contribution in [3.63, 3.8) is 0 Å². The van der Waals surface area contributed by atoms with Crippen molar-refractivity contribution in [1.82, 2.24) is 9.88 Å². The molecule has 0 N–H and O–H groups in total. The van der Waals surface area contributed by atoms with Crippen molar-refractivity contribution in [3.8, 4) is 5.88 Å². The molecule has 24 heavy (non-hydrogen) atoms. The van der Waals surface area contributed by atoms with Gasteiger partial charge in [-0.1, -0.05) is 6.07 Å². The van der Waals surface area contributed by atoms with Gasteiger partial charge in [0.15, 0.2) is 0 Å². The third kappa shape index (κ3) is 3.01. The van der Waals surface area contributed by atoms with E-state index in [4.69, 9.17) is 13.9 Å². The molecule has 1 aliphatic carbocycles. The van der Waals surface area contributed by atoms with Crippen LogP contribution in [0.15, 0.2) is 47.4 Å². The van der Waals surface area contributed by atoms with Gasteiger partial charge < -0.3 is 18.8 Å². The van der Waals surface area contributed by atoms with Crippen LogP contribution in [0.1, 0.15) is 23.2 Å². The molecular weight excluding hydrogens is 308 g/mol. The largest absolute Gasteiger partial charge is 0.477 e. The van der Waals surface area contributed by atoms with Crippen LogP contribution < -0.4 is 4.74 Å². The molecule has 0 bridgehead atoms. The van der Waals surface area contributed by atoms with Gasteiger partial charge >= 0.3 is 0 Å². The second-order valence-corrected chi connectivity index (χ2v) is 6.30. The lowest BCUT2D eigenvalue weighted by molar-refractivity contribution is -0.0448. The number of hydrogen-bond acceptors (Lipinski definition) is 5. The molecule has 1 amide bonds. The van der Waals surface area contributed by atoms with Gasteiger partial charge in [0.1, 0.15) is 6.26 Å².